The molecule has 0 aromatic heterocycles. The van der Waals surface area contributed by atoms with Gasteiger partial charge >= 0.3 is 0 Å². The molecular weight excluding hydrogens is 290 g/mol. The second-order valence-corrected chi connectivity index (χ2v) is 7.31. The number of benzene rings is 1. The third-order valence-corrected chi connectivity index (χ3v) is 6.51. The Morgan fingerprint density at radius 2 is 2.24 bits per heavy atom. The van der Waals surface area contributed by atoms with Crippen LogP contribution in [-0.2, 0) is 11.8 Å². The molecule has 1 saturated carbocycles. The Kier molecular flexibility index (Phi) is 2.31. The number of hydrogen-bond acceptors (Lipinski definition) is 4. The monoisotopic (exact) mass is 307 g/mol. The van der Waals surface area contributed by atoms with E-state index in [4.69, 9.17) is 16.3 Å². The molecule has 2 fully saturated rings. The van der Waals surface area contributed by atoms with Crippen molar-refractivity contribution >= 4 is 11.6 Å². The topological polar surface area (TPSA) is 61.7 Å². The Morgan fingerprint density at radius 3 is 3.10 bits per heavy atom. The summed E-state index contributed by atoms with van der Waals surface area (Å²) < 4.78 is 6.09. The Balaban J connectivity index is 1.85. The summed E-state index contributed by atoms with van der Waals surface area (Å²) in [5, 5.41) is 25.0. The predicted molar refractivity (Wildman–Crippen MR) is 78.1 cm³/mol. The smallest absolute Gasteiger partial charge is 0.165 e. The number of hydrogen-bond donors (Lipinski definition) is 3. The zero-order chi connectivity index (χ0) is 14.4. The van der Waals surface area contributed by atoms with Gasteiger partial charge in [0.1, 0.15) is 6.10 Å². The average Bonchev–Trinajstić information content (AvgIpc) is 2.78. The van der Waals surface area contributed by atoms with Gasteiger partial charge in [-0.3, -0.25) is 0 Å². The summed E-state index contributed by atoms with van der Waals surface area (Å²) in [6.07, 6.45) is 2.91. The minimum absolute atomic E-state index is 0.116. The molecule has 1 aromatic carbocycles. The summed E-state index contributed by atoms with van der Waals surface area (Å²) in [5.41, 5.74) is 2.03. The largest absolute Gasteiger partial charge is 0.504 e. The van der Waals surface area contributed by atoms with Crippen molar-refractivity contribution in [3.05, 3.63) is 22.2 Å². The number of rotatable bonds is 0. The summed E-state index contributed by atoms with van der Waals surface area (Å²) in [7, 11) is 0. The maximum Gasteiger partial charge on any atom is 0.165 e. The molecule has 5 rings (SSSR count). The average molecular weight is 308 g/mol. The van der Waals surface area contributed by atoms with Gasteiger partial charge in [-0.1, -0.05) is 11.6 Å². The summed E-state index contributed by atoms with van der Waals surface area (Å²) in [4.78, 5) is 0. The van der Waals surface area contributed by atoms with Crippen molar-refractivity contribution in [2.45, 2.75) is 49.3 Å². The first kappa shape index (κ1) is 12.6. The molecule has 1 aromatic rings. The number of phenolic OH excluding ortho intramolecular Hbond substituents is 1. The Bertz CT molecular complexity index is 649. The standard InChI is InChI=1S/C16H18ClNO3/c17-9-6-12(20)14-13-7(9)5-10-8-1-2-11(19)15(21-14)16(8,13)3-4-18-10/h6,8,10-11,15,18-20H,1-5H2/t8-,10?,11-,15-,16?/m0/s1. The van der Waals surface area contributed by atoms with E-state index in [-0.39, 0.29) is 17.3 Å². The first-order chi connectivity index (χ1) is 10.1. The second-order valence-electron chi connectivity index (χ2n) is 6.90. The summed E-state index contributed by atoms with van der Waals surface area (Å²) in [6.45, 7) is 0.930. The number of halogens is 1. The van der Waals surface area contributed by atoms with Crippen molar-refractivity contribution in [3.8, 4) is 11.5 Å². The lowest BCUT2D eigenvalue weighted by Crippen LogP contribution is -2.66. The summed E-state index contributed by atoms with van der Waals surface area (Å²) in [6, 6.07) is 1.99. The molecular formula is C16H18ClNO3. The number of nitrogens with one attached hydrogen (secondary N) is 1. The van der Waals surface area contributed by atoms with E-state index in [0.29, 0.717) is 22.7 Å². The highest BCUT2D eigenvalue weighted by molar-refractivity contribution is 6.31. The quantitative estimate of drug-likeness (QED) is 0.683. The Hall–Kier alpha value is -0.970. The highest BCUT2D eigenvalue weighted by Crippen LogP contribution is 2.63. The van der Waals surface area contributed by atoms with E-state index >= 15 is 0 Å². The van der Waals surface area contributed by atoms with Gasteiger partial charge in [0, 0.05) is 28.1 Å². The van der Waals surface area contributed by atoms with Gasteiger partial charge in [0.05, 0.1) is 6.10 Å². The van der Waals surface area contributed by atoms with Crippen molar-refractivity contribution in [1.29, 1.82) is 0 Å². The normalized spacial score (nSPS) is 42.4. The van der Waals surface area contributed by atoms with E-state index < -0.39 is 6.10 Å². The van der Waals surface area contributed by atoms with Crippen LogP contribution in [0.3, 0.4) is 0 Å². The van der Waals surface area contributed by atoms with Crippen LogP contribution < -0.4 is 10.1 Å². The van der Waals surface area contributed by atoms with Gasteiger partial charge in [0.15, 0.2) is 11.5 Å². The zero-order valence-electron chi connectivity index (χ0n) is 11.6. The number of aliphatic hydroxyl groups excluding tert-OH is 1. The molecule has 2 unspecified atom stereocenters. The molecule has 4 nitrogen and oxygen atoms in total. The molecule has 0 amide bonds. The van der Waals surface area contributed by atoms with Crippen LogP contribution in [0.2, 0.25) is 5.02 Å². The zero-order valence-corrected chi connectivity index (χ0v) is 12.4. The van der Waals surface area contributed by atoms with Gasteiger partial charge in [0.25, 0.3) is 0 Å². The van der Waals surface area contributed by atoms with Crippen LogP contribution in [0.25, 0.3) is 0 Å². The van der Waals surface area contributed by atoms with Gasteiger partial charge in [-0.15, -0.1) is 0 Å². The third kappa shape index (κ3) is 1.31. The molecule has 2 bridgehead atoms. The van der Waals surface area contributed by atoms with Crippen molar-refractivity contribution in [2.75, 3.05) is 6.54 Å². The highest BCUT2D eigenvalue weighted by Gasteiger charge is 2.64. The maximum atomic E-state index is 10.5. The molecule has 1 saturated heterocycles. The predicted octanol–water partition coefficient (Wildman–Crippen LogP) is 1.73. The molecule has 3 N–H and O–H groups in total. The van der Waals surface area contributed by atoms with Crippen LogP contribution in [0.15, 0.2) is 6.07 Å². The number of phenols is 1. The lowest BCUT2D eigenvalue weighted by molar-refractivity contribution is -0.0761. The minimum Gasteiger partial charge on any atom is -0.504 e. The van der Waals surface area contributed by atoms with Crippen molar-refractivity contribution < 1.29 is 14.9 Å². The molecule has 1 spiro atoms. The molecule has 21 heavy (non-hydrogen) atoms. The first-order valence-electron chi connectivity index (χ1n) is 7.76. The van der Waals surface area contributed by atoms with Gasteiger partial charge in [-0.25, -0.2) is 0 Å². The summed E-state index contributed by atoms with van der Waals surface area (Å²) in [5.74, 6) is 1.16. The highest BCUT2D eigenvalue weighted by atomic mass is 35.5. The van der Waals surface area contributed by atoms with Crippen LogP contribution in [0, 0.1) is 5.92 Å². The van der Waals surface area contributed by atoms with Crippen LogP contribution in [0.4, 0.5) is 0 Å². The fraction of sp³-hybridized carbons (Fsp3) is 0.625. The number of ether oxygens (including phenoxy) is 1. The van der Waals surface area contributed by atoms with Crippen LogP contribution in [0.1, 0.15) is 30.4 Å². The fourth-order valence-corrected chi connectivity index (χ4v) is 5.75. The second kappa shape index (κ2) is 3.86. The molecule has 2 aliphatic heterocycles. The Morgan fingerprint density at radius 1 is 1.38 bits per heavy atom. The Labute approximate surface area is 128 Å². The lowest BCUT2D eigenvalue weighted by Gasteiger charge is -2.56. The molecule has 2 heterocycles. The fourth-order valence-electron chi connectivity index (χ4n) is 5.47. The van der Waals surface area contributed by atoms with Crippen LogP contribution in [-0.4, -0.2) is 35.0 Å². The van der Waals surface area contributed by atoms with E-state index in [1.807, 2.05) is 0 Å². The van der Waals surface area contributed by atoms with Gasteiger partial charge in [0.2, 0.25) is 0 Å². The van der Waals surface area contributed by atoms with Crippen LogP contribution in [0.5, 0.6) is 11.5 Å². The molecule has 2 aliphatic carbocycles. The van der Waals surface area contributed by atoms with E-state index in [2.05, 4.69) is 5.32 Å². The van der Waals surface area contributed by atoms with Crippen molar-refractivity contribution in [1.82, 2.24) is 5.32 Å². The minimum atomic E-state index is -0.462. The molecule has 112 valence electrons. The molecule has 5 heteroatoms. The number of piperidine rings is 1. The summed E-state index contributed by atoms with van der Waals surface area (Å²) >= 11 is 6.41. The van der Waals surface area contributed by atoms with Gasteiger partial charge in [-0.2, -0.15) is 0 Å². The van der Waals surface area contributed by atoms with E-state index in [1.54, 1.807) is 6.07 Å². The van der Waals surface area contributed by atoms with Gasteiger partial charge in [-0.05, 0) is 43.7 Å². The first-order valence-corrected chi connectivity index (χ1v) is 8.13. The van der Waals surface area contributed by atoms with Crippen molar-refractivity contribution in [2.24, 2.45) is 5.92 Å². The molecule has 0 radical (unpaired) electrons. The SMILES string of the molecule is Oc1cc(Cl)c2c3c1O[C@H]1[C@@H](O)CC[C@H]4C(C2)NCCC341. The lowest BCUT2D eigenvalue weighted by atomic mass is 9.52. The molecule has 4 aliphatic rings. The van der Waals surface area contributed by atoms with Gasteiger partial charge < -0.3 is 20.3 Å². The van der Waals surface area contributed by atoms with Crippen LogP contribution >= 0.6 is 11.6 Å². The molecule has 5 atom stereocenters. The van der Waals surface area contributed by atoms with E-state index in [1.165, 1.54) is 0 Å². The maximum absolute atomic E-state index is 10.5. The van der Waals surface area contributed by atoms with Crippen molar-refractivity contribution in [3.63, 3.8) is 0 Å². The number of aromatic hydroxyl groups is 1. The van der Waals surface area contributed by atoms with E-state index in [9.17, 15) is 10.2 Å². The van der Waals surface area contributed by atoms with E-state index in [0.717, 1.165) is 43.4 Å². The third-order valence-electron chi connectivity index (χ3n) is 6.17. The number of aliphatic hydroxyl groups is 1.